The molecule has 25 heavy (non-hydrogen) atoms. The Labute approximate surface area is 146 Å². The van der Waals surface area contributed by atoms with Crippen molar-refractivity contribution in [2.24, 2.45) is 5.92 Å². The Morgan fingerprint density at radius 1 is 1.12 bits per heavy atom. The summed E-state index contributed by atoms with van der Waals surface area (Å²) in [6.45, 7) is 4.03. The summed E-state index contributed by atoms with van der Waals surface area (Å²) in [7, 11) is 0. The molecule has 3 heterocycles. The Balaban J connectivity index is 1.28. The third-order valence-corrected chi connectivity index (χ3v) is 5.09. The molecule has 1 aliphatic heterocycles. The molecule has 1 saturated heterocycles. The zero-order valence-corrected chi connectivity index (χ0v) is 14.3. The van der Waals surface area contributed by atoms with E-state index in [4.69, 9.17) is 0 Å². The molecule has 6 nitrogen and oxygen atoms in total. The van der Waals surface area contributed by atoms with Gasteiger partial charge in [-0.25, -0.2) is 4.98 Å². The first-order valence-corrected chi connectivity index (χ1v) is 8.95. The third-order valence-electron chi connectivity index (χ3n) is 5.09. The number of hydrogen-bond acceptors (Lipinski definition) is 4. The number of H-pyrrole nitrogens is 1. The van der Waals surface area contributed by atoms with Crippen LogP contribution in [-0.2, 0) is 13.0 Å². The van der Waals surface area contributed by atoms with Gasteiger partial charge in [-0.3, -0.25) is 9.48 Å². The Kier molecular flexibility index (Phi) is 4.61. The fourth-order valence-corrected chi connectivity index (χ4v) is 3.62. The van der Waals surface area contributed by atoms with Crippen LogP contribution in [0.25, 0.3) is 11.0 Å². The first-order valence-electron chi connectivity index (χ1n) is 8.95. The van der Waals surface area contributed by atoms with Crippen LogP contribution in [-0.4, -0.2) is 44.3 Å². The number of aromatic nitrogens is 4. The summed E-state index contributed by atoms with van der Waals surface area (Å²) in [5.74, 6) is 0.786. The number of benzene rings is 1. The lowest BCUT2D eigenvalue weighted by Gasteiger charge is -2.32. The lowest BCUT2D eigenvalue weighted by molar-refractivity contribution is 0.177. The molecule has 2 aromatic heterocycles. The smallest absolute Gasteiger partial charge is 0.261 e. The predicted octanol–water partition coefficient (Wildman–Crippen LogP) is 2.07. The molecule has 0 amide bonds. The molecule has 0 bridgehead atoms. The molecule has 0 radical (unpaired) electrons. The normalized spacial score (nSPS) is 16.5. The number of nitrogens with one attached hydrogen (secondary N) is 1. The van der Waals surface area contributed by atoms with Crippen LogP contribution in [0.3, 0.4) is 0 Å². The minimum absolute atomic E-state index is 0.127. The van der Waals surface area contributed by atoms with E-state index >= 15 is 0 Å². The van der Waals surface area contributed by atoms with Crippen molar-refractivity contribution < 1.29 is 0 Å². The van der Waals surface area contributed by atoms with Crippen LogP contribution < -0.4 is 5.56 Å². The summed E-state index contributed by atoms with van der Waals surface area (Å²) in [6, 6.07) is 10.8. The average molecular weight is 337 g/mol. The summed E-state index contributed by atoms with van der Waals surface area (Å²) < 4.78 is 1.84. The number of nitrogens with zero attached hydrogens (tertiary/aromatic N) is 4. The monoisotopic (exact) mass is 337 g/mol. The Morgan fingerprint density at radius 2 is 1.92 bits per heavy atom. The lowest BCUT2D eigenvalue weighted by atomic mass is 9.90. The molecule has 1 fully saturated rings. The van der Waals surface area contributed by atoms with Crippen LogP contribution >= 0.6 is 0 Å². The first-order chi connectivity index (χ1) is 12.3. The van der Waals surface area contributed by atoms with E-state index in [0.717, 1.165) is 32.1 Å². The molecule has 0 unspecified atom stereocenters. The molecule has 0 saturated carbocycles. The molecule has 1 aromatic carbocycles. The fraction of sp³-hybridized carbons (Fsp3) is 0.421. The highest BCUT2D eigenvalue weighted by atomic mass is 16.1. The summed E-state index contributed by atoms with van der Waals surface area (Å²) in [4.78, 5) is 20.9. The zero-order chi connectivity index (χ0) is 17.1. The van der Waals surface area contributed by atoms with E-state index in [2.05, 4.69) is 50.3 Å². The van der Waals surface area contributed by atoms with E-state index in [1.165, 1.54) is 31.2 Å². The van der Waals surface area contributed by atoms with Gasteiger partial charge in [0.15, 0.2) is 5.65 Å². The van der Waals surface area contributed by atoms with Crippen LogP contribution in [0.4, 0.5) is 0 Å². The number of piperidine rings is 1. The minimum Gasteiger partial charge on any atom is -0.312 e. The van der Waals surface area contributed by atoms with Crippen molar-refractivity contribution in [3.05, 3.63) is 58.8 Å². The number of aromatic amines is 1. The number of likely N-dealkylation sites (tertiary alicyclic amines) is 1. The van der Waals surface area contributed by atoms with Gasteiger partial charge < -0.3 is 9.88 Å². The van der Waals surface area contributed by atoms with Crippen LogP contribution in [0, 0.1) is 5.92 Å². The van der Waals surface area contributed by atoms with Crippen LogP contribution in [0.15, 0.2) is 47.7 Å². The van der Waals surface area contributed by atoms with E-state index in [9.17, 15) is 4.79 Å². The highest BCUT2D eigenvalue weighted by Gasteiger charge is 2.19. The van der Waals surface area contributed by atoms with Gasteiger partial charge in [-0.15, -0.1) is 0 Å². The highest BCUT2D eigenvalue weighted by Crippen LogP contribution is 2.21. The van der Waals surface area contributed by atoms with E-state index in [1.807, 2.05) is 4.68 Å². The topological polar surface area (TPSA) is 66.8 Å². The molecule has 130 valence electrons. The van der Waals surface area contributed by atoms with E-state index in [0.29, 0.717) is 11.0 Å². The van der Waals surface area contributed by atoms with Gasteiger partial charge in [0, 0.05) is 12.7 Å². The molecule has 3 aromatic rings. The van der Waals surface area contributed by atoms with Crippen molar-refractivity contribution in [2.75, 3.05) is 19.6 Å². The summed E-state index contributed by atoms with van der Waals surface area (Å²) in [5.41, 5.74) is 1.84. The van der Waals surface area contributed by atoms with Gasteiger partial charge in [-0.05, 0) is 43.8 Å². The van der Waals surface area contributed by atoms with Crippen molar-refractivity contribution in [1.29, 1.82) is 0 Å². The Bertz CT molecular complexity index is 877. The number of hydrogen-bond donors (Lipinski definition) is 1. The SMILES string of the molecule is O=c1[nH]cnc2nn(CCN3CCC(Cc4ccccc4)CC3)cc12. The fourth-order valence-electron chi connectivity index (χ4n) is 3.62. The Morgan fingerprint density at radius 3 is 2.68 bits per heavy atom. The molecular formula is C19H23N5O. The molecular weight excluding hydrogens is 314 g/mol. The van der Waals surface area contributed by atoms with Crippen molar-refractivity contribution >= 4 is 11.0 Å². The van der Waals surface area contributed by atoms with Crippen molar-refractivity contribution in [1.82, 2.24) is 24.6 Å². The van der Waals surface area contributed by atoms with Gasteiger partial charge in [-0.2, -0.15) is 5.10 Å². The third kappa shape index (κ3) is 3.79. The highest BCUT2D eigenvalue weighted by molar-refractivity contribution is 5.71. The van der Waals surface area contributed by atoms with Crippen LogP contribution in [0.2, 0.25) is 0 Å². The Hall–Kier alpha value is -2.47. The number of fused-ring (bicyclic) bond motifs is 1. The standard InChI is InChI=1S/C19H23N5O/c25-19-17-13-24(22-18(17)20-14-21-19)11-10-23-8-6-16(7-9-23)12-15-4-2-1-3-5-15/h1-5,13-14,16H,6-12H2,(H,20,21,22,25). The molecule has 0 aliphatic carbocycles. The maximum absolute atomic E-state index is 11.7. The second-order valence-corrected chi connectivity index (χ2v) is 6.84. The molecule has 6 heteroatoms. The summed E-state index contributed by atoms with van der Waals surface area (Å²) in [6.07, 6.45) is 6.88. The minimum atomic E-state index is -0.127. The van der Waals surface area contributed by atoms with Gasteiger partial charge >= 0.3 is 0 Å². The zero-order valence-electron chi connectivity index (χ0n) is 14.3. The second kappa shape index (κ2) is 7.19. The molecule has 4 rings (SSSR count). The van der Waals surface area contributed by atoms with Crippen molar-refractivity contribution in [3.8, 4) is 0 Å². The molecule has 1 N–H and O–H groups in total. The maximum Gasteiger partial charge on any atom is 0.261 e. The van der Waals surface area contributed by atoms with Crippen LogP contribution in [0.5, 0.6) is 0 Å². The quantitative estimate of drug-likeness (QED) is 0.774. The van der Waals surface area contributed by atoms with E-state index in [1.54, 1.807) is 6.20 Å². The molecule has 0 atom stereocenters. The first kappa shape index (κ1) is 16.0. The van der Waals surface area contributed by atoms with Crippen LogP contribution in [0.1, 0.15) is 18.4 Å². The van der Waals surface area contributed by atoms with E-state index in [-0.39, 0.29) is 5.56 Å². The maximum atomic E-state index is 11.7. The second-order valence-electron chi connectivity index (χ2n) is 6.84. The van der Waals surface area contributed by atoms with Crippen molar-refractivity contribution in [2.45, 2.75) is 25.8 Å². The van der Waals surface area contributed by atoms with Gasteiger partial charge in [0.2, 0.25) is 0 Å². The average Bonchev–Trinajstić information content (AvgIpc) is 3.07. The van der Waals surface area contributed by atoms with E-state index < -0.39 is 0 Å². The molecule has 0 spiro atoms. The largest absolute Gasteiger partial charge is 0.312 e. The predicted molar refractivity (Wildman–Crippen MR) is 97.5 cm³/mol. The van der Waals surface area contributed by atoms with Gasteiger partial charge in [0.1, 0.15) is 5.39 Å². The lowest BCUT2D eigenvalue weighted by Crippen LogP contribution is -2.36. The van der Waals surface area contributed by atoms with Gasteiger partial charge in [0.05, 0.1) is 12.9 Å². The summed E-state index contributed by atoms with van der Waals surface area (Å²) in [5, 5.41) is 4.95. The number of rotatable bonds is 5. The van der Waals surface area contributed by atoms with Crippen molar-refractivity contribution in [3.63, 3.8) is 0 Å². The molecule has 1 aliphatic rings. The van der Waals surface area contributed by atoms with Gasteiger partial charge in [0.25, 0.3) is 5.56 Å². The van der Waals surface area contributed by atoms with Gasteiger partial charge in [-0.1, -0.05) is 30.3 Å². The summed E-state index contributed by atoms with van der Waals surface area (Å²) >= 11 is 0.